The summed E-state index contributed by atoms with van der Waals surface area (Å²) in [4.78, 5) is 12.5. The predicted octanol–water partition coefficient (Wildman–Crippen LogP) is 3.96. The minimum absolute atomic E-state index is 0.0301. The number of rotatable bonds is 5. The Balaban J connectivity index is 2.03. The van der Waals surface area contributed by atoms with E-state index >= 15 is 0 Å². The lowest BCUT2D eigenvalue weighted by Gasteiger charge is -2.18. The van der Waals surface area contributed by atoms with Crippen LogP contribution in [0, 0.1) is 5.41 Å². The minimum atomic E-state index is -0.479. The van der Waals surface area contributed by atoms with Gasteiger partial charge in [-0.15, -0.1) is 0 Å². The van der Waals surface area contributed by atoms with Crippen LogP contribution in [0.25, 0.3) is 11.3 Å². The summed E-state index contributed by atoms with van der Waals surface area (Å²) in [5.41, 5.74) is 2.88. The third-order valence-electron chi connectivity index (χ3n) is 4.36. The number of carbonyl (C=O) groups is 1. The Labute approximate surface area is 147 Å². The van der Waals surface area contributed by atoms with Gasteiger partial charge in [-0.3, -0.25) is 9.89 Å². The molecule has 0 atom stereocenters. The van der Waals surface area contributed by atoms with Crippen molar-refractivity contribution in [3.8, 4) is 22.8 Å². The average molecular weight is 343 g/mol. The van der Waals surface area contributed by atoms with E-state index in [9.17, 15) is 4.79 Å². The molecule has 2 N–H and O–H groups in total. The lowest BCUT2D eigenvalue weighted by atomic mass is 9.95. The maximum Gasteiger partial charge on any atom is 0.229 e. The van der Waals surface area contributed by atoms with Gasteiger partial charge in [-0.1, -0.05) is 20.8 Å². The van der Waals surface area contributed by atoms with Gasteiger partial charge in [0.15, 0.2) is 11.5 Å². The topological polar surface area (TPSA) is 76.2 Å². The van der Waals surface area contributed by atoms with E-state index in [0.717, 1.165) is 35.5 Å². The van der Waals surface area contributed by atoms with Gasteiger partial charge in [-0.25, -0.2) is 0 Å². The highest BCUT2D eigenvalue weighted by atomic mass is 16.5. The first-order valence-electron chi connectivity index (χ1n) is 8.47. The Bertz CT molecular complexity index is 786. The van der Waals surface area contributed by atoms with Gasteiger partial charge in [0, 0.05) is 16.9 Å². The van der Waals surface area contributed by atoms with Crippen molar-refractivity contribution < 1.29 is 14.3 Å². The largest absolute Gasteiger partial charge is 0.493 e. The number of nitrogens with one attached hydrogen (secondary N) is 2. The number of methoxy groups -OCH3 is 2. The molecule has 1 aliphatic rings. The maximum absolute atomic E-state index is 12.5. The van der Waals surface area contributed by atoms with Crippen LogP contribution in [0.3, 0.4) is 0 Å². The lowest BCUT2D eigenvalue weighted by Crippen LogP contribution is -2.28. The van der Waals surface area contributed by atoms with Crippen molar-refractivity contribution in [1.29, 1.82) is 0 Å². The van der Waals surface area contributed by atoms with E-state index < -0.39 is 5.41 Å². The third-order valence-corrected chi connectivity index (χ3v) is 4.36. The first-order valence-corrected chi connectivity index (χ1v) is 8.47. The number of carbonyl (C=O) groups excluding carboxylic acids is 1. The maximum atomic E-state index is 12.5. The van der Waals surface area contributed by atoms with E-state index in [1.165, 1.54) is 0 Å². The molecule has 0 radical (unpaired) electrons. The first-order chi connectivity index (χ1) is 11.8. The fourth-order valence-electron chi connectivity index (χ4n) is 2.64. The van der Waals surface area contributed by atoms with Crippen LogP contribution < -0.4 is 14.8 Å². The second kappa shape index (κ2) is 6.43. The molecular weight excluding hydrogens is 318 g/mol. The van der Waals surface area contributed by atoms with E-state index in [1.807, 2.05) is 39.0 Å². The molecule has 0 spiro atoms. The minimum Gasteiger partial charge on any atom is -0.493 e. The number of aromatic nitrogens is 2. The first kappa shape index (κ1) is 17.3. The van der Waals surface area contributed by atoms with Gasteiger partial charge in [-0.05, 0) is 31.0 Å². The highest BCUT2D eigenvalue weighted by Gasteiger charge is 2.32. The summed E-state index contributed by atoms with van der Waals surface area (Å²) in [6, 6.07) is 5.63. The fourth-order valence-corrected chi connectivity index (χ4v) is 2.64. The zero-order valence-corrected chi connectivity index (χ0v) is 15.4. The number of benzene rings is 1. The van der Waals surface area contributed by atoms with Crippen LogP contribution in [0.1, 0.15) is 45.2 Å². The molecule has 1 saturated carbocycles. The Morgan fingerprint density at radius 1 is 1.20 bits per heavy atom. The zero-order valence-electron chi connectivity index (χ0n) is 15.4. The van der Waals surface area contributed by atoms with Crippen molar-refractivity contribution in [2.45, 2.75) is 39.5 Å². The van der Waals surface area contributed by atoms with Crippen LogP contribution in [0.2, 0.25) is 0 Å². The highest BCUT2D eigenvalue weighted by Crippen LogP contribution is 2.46. The Morgan fingerprint density at radius 3 is 2.44 bits per heavy atom. The van der Waals surface area contributed by atoms with E-state index in [0.29, 0.717) is 17.4 Å². The zero-order chi connectivity index (χ0) is 18.2. The number of hydrogen-bond acceptors (Lipinski definition) is 4. The number of hydrogen-bond donors (Lipinski definition) is 2. The lowest BCUT2D eigenvalue weighted by molar-refractivity contribution is -0.123. The van der Waals surface area contributed by atoms with Gasteiger partial charge in [0.05, 0.1) is 25.6 Å². The van der Waals surface area contributed by atoms with Gasteiger partial charge >= 0.3 is 0 Å². The van der Waals surface area contributed by atoms with E-state index in [4.69, 9.17) is 9.47 Å². The van der Waals surface area contributed by atoms with Crippen molar-refractivity contribution in [2.24, 2.45) is 5.41 Å². The summed E-state index contributed by atoms with van der Waals surface area (Å²) in [6.45, 7) is 5.69. The molecule has 1 fully saturated rings. The van der Waals surface area contributed by atoms with Gasteiger partial charge in [0.25, 0.3) is 0 Å². The molecule has 1 aromatic carbocycles. The molecular formula is C19H25N3O3. The second-order valence-corrected chi connectivity index (χ2v) is 7.41. The molecule has 0 saturated heterocycles. The molecule has 2 aromatic rings. The molecule has 3 rings (SSSR count). The van der Waals surface area contributed by atoms with Crippen molar-refractivity contribution >= 4 is 11.6 Å². The van der Waals surface area contributed by atoms with Gasteiger partial charge in [0.2, 0.25) is 5.91 Å². The number of H-pyrrole nitrogens is 1. The third kappa shape index (κ3) is 3.48. The number of aromatic amines is 1. The second-order valence-electron chi connectivity index (χ2n) is 7.41. The van der Waals surface area contributed by atoms with Gasteiger partial charge < -0.3 is 14.8 Å². The van der Waals surface area contributed by atoms with E-state index in [1.54, 1.807) is 14.2 Å². The molecule has 134 valence electrons. The Hall–Kier alpha value is -2.50. The number of anilines is 1. The molecule has 0 bridgehead atoms. The fraction of sp³-hybridized carbons (Fsp3) is 0.474. The summed E-state index contributed by atoms with van der Waals surface area (Å²) in [5, 5.41) is 10.7. The van der Waals surface area contributed by atoms with Crippen LogP contribution in [0.5, 0.6) is 11.5 Å². The van der Waals surface area contributed by atoms with Crippen molar-refractivity contribution in [3.05, 3.63) is 23.9 Å². The van der Waals surface area contributed by atoms with Crippen molar-refractivity contribution in [1.82, 2.24) is 10.2 Å². The molecule has 25 heavy (non-hydrogen) atoms. The molecule has 6 nitrogen and oxygen atoms in total. The van der Waals surface area contributed by atoms with Gasteiger partial charge in [-0.2, -0.15) is 5.10 Å². The molecule has 0 unspecified atom stereocenters. The normalized spacial score (nSPS) is 14.3. The monoisotopic (exact) mass is 343 g/mol. The summed E-state index contributed by atoms with van der Waals surface area (Å²) in [7, 11) is 3.20. The summed E-state index contributed by atoms with van der Waals surface area (Å²) in [6.07, 6.45) is 2.23. The SMILES string of the molecule is COc1ccc(-c2n[nH]c(C3CC3)c2NC(=O)C(C)(C)C)cc1OC. The summed E-state index contributed by atoms with van der Waals surface area (Å²) < 4.78 is 10.7. The van der Waals surface area contributed by atoms with E-state index in [2.05, 4.69) is 15.5 Å². The summed E-state index contributed by atoms with van der Waals surface area (Å²) in [5.74, 6) is 1.70. The van der Waals surface area contributed by atoms with Crippen LogP contribution in [-0.2, 0) is 4.79 Å². The number of nitrogens with zero attached hydrogens (tertiary/aromatic N) is 1. The quantitative estimate of drug-likeness (QED) is 0.862. The molecule has 1 aliphatic carbocycles. The van der Waals surface area contributed by atoms with Crippen LogP contribution in [0.4, 0.5) is 5.69 Å². The molecule has 1 amide bonds. The van der Waals surface area contributed by atoms with E-state index in [-0.39, 0.29) is 5.91 Å². The summed E-state index contributed by atoms with van der Waals surface area (Å²) >= 11 is 0. The van der Waals surface area contributed by atoms with Crippen LogP contribution in [0.15, 0.2) is 18.2 Å². The van der Waals surface area contributed by atoms with Crippen molar-refractivity contribution in [2.75, 3.05) is 19.5 Å². The highest BCUT2D eigenvalue weighted by molar-refractivity contribution is 5.98. The molecule has 6 heteroatoms. The number of amides is 1. The standard InChI is InChI=1S/C19H25N3O3/c1-19(2,3)18(23)20-17-15(11-6-7-11)21-22-16(17)12-8-9-13(24-4)14(10-12)25-5/h8-11H,6-7H2,1-5H3,(H,20,23)(H,21,22). The van der Waals surface area contributed by atoms with Crippen LogP contribution >= 0.6 is 0 Å². The molecule has 0 aliphatic heterocycles. The number of ether oxygens (including phenoxy) is 2. The van der Waals surface area contributed by atoms with Crippen LogP contribution in [-0.4, -0.2) is 30.3 Å². The average Bonchev–Trinajstić information content (AvgIpc) is 3.34. The van der Waals surface area contributed by atoms with Crippen molar-refractivity contribution in [3.63, 3.8) is 0 Å². The molecule has 1 aromatic heterocycles. The predicted molar refractivity (Wildman–Crippen MR) is 97.2 cm³/mol. The Morgan fingerprint density at radius 2 is 1.88 bits per heavy atom. The smallest absolute Gasteiger partial charge is 0.229 e. The molecule has 1 heterocycles. The Kier molecular flexibility index (Phi) is 4.45. The van der Waals surface area contributed by atoms with Gasteiger partial charge in [0.1, 0.15) is 5.69 Å².